The van der Waals surface area contributed by atoms with E-state index in [4.69, 9.17) is 22.1 Å². The first-order chi connectivity index (χ1) is 17.3. The number of sulfone groups is 1. The van der Waals surface area contributed by atoms with E-state index in [1.165, 1.54) is 19.2 Å². The van der Waals surface area contributed by atoms with Crippen LogP contribution in [-0.4, -0.2) is 36.3 Å². The number of nitrogens with two attached hydrogens (primary N) is 1. The summed E-state index contributed by atoms with van der Waals surface area (Å²) in [6, 6.07) is 22.4. The molecule has 186 valence electrons. The van der Waals surface area contributed by atoms with Crippen LogP contribution in [0, 0.1) is 0 Å². The third-order valence-corrected chi connectivity index (χ3v) is 7.46. The lowest BCUT2D eigenvalue weighted by molar-refractivity contribution is 0.0600. The van der Waals surface area contributed by atoms with Gasteiger partial charge in [-0.05, 0) is 47.4 Å². The first kappa shape index (κ1) is 25.6. The molecule has 2 N–H and O–H groups in total. The second-order valence-electron chi connectivity index (χ2n) is 8.30. The van der Waals surface area contributed by atoms with Gasteiger partial charge in [-0.15, -0.1) is 10.2 Å². The van der Waals surface area contributed by atoms with Crippen molar-refractivity contribution >= 4 is 27.4 Å². The molecule has 1 aromatic heterocycles. The summed E-state index contributed by atoms with van der Waals surface area (Å²) < 4.78 is 33.2. The Morgan fingerprint density at radius 1 is 0.944 bits per heavy atom. The fraction of sp³-hybridized carbons (Fsp3) is 0.192. The predicted octanol–water partition coefficient (Wildman–Crippen LogP) is 3.98. The zero-order chi connectivity index (χ0) is 25.7. The average molecular weight is 525 g/mol. The van der Waals surface area contributed by atoms with Gasteiger partial charge in [0.1, 0.15) is 0 Å². The average Bonchev–Trinajstić information content (AvgIpc) is 3.30. The summed E-state index contributed by atoms with van der Waals surface area (Å²) in [6.07, 6.45) is 0.430. The summed E-state index contributed by atoms with van der Waals surface area (Å²) in [5.74, 6) is -0.437. The van der Waals surface area contributed by atoms with Crippen molar-refractivity contribution in [3.05, 3.63) is 112 Å². The van der Waals surface area contributed by atoms with Crippen LogP contribution in [0.25, 0.3) is 0 Å². The molecule has 3 aromatic carbocycles. The molecule has 1 atom stereocenters. The molecule has 10 heteroatoms. The minimum atomic E-state index is -3.89. The van der Waals surface area contributed by atoms with E-state index >= 15 is 0 Å². The number of esters is 1. The zero-order valence-electron chi connectivity index (χ0n) is 19.5. The first-order valence-electron chi connectivity index (χ1n) is 11.1. The molecule has 4 rings (SSSR count). The Labute approximate surface area is 214 Å². The Balaban J connectivity index is 1.66. The van der Waals surface area contributed by atoms with Gasteiger partial charge in [0.25, 0.3) is 0 Å². The van der Waals surface area contributed by atoms with Gasteiger partial charge in [-0.2, -0.15) is 0 Å². The summed E-state index contributed by atoms with van der Waals surface area (Å²) in [6.45, 7) is 0.243. The highest BCUT2D eigenvalue weighted by atomic mass is 35.5. The number of ether oxygens (including phenoxy) is 1. The lowest BCUT2D eigenvalue weighted by Gasteiger charge is -2.15. The molecule has 0 saturated heterocycles. The molecule has 4 aromatic rings. The summed E-state index contributed by atoms with van der Waals surface area (Å²) in [4.78, 5) is 11.7. The van der Waals surface area contributed by atoms with Gasteiger partial charge in [-0.1, -0.05) is 66.2 Å². The number of rotatable bonds is 9. The molecule has 36 heavy (non-hydrogen) atoms. The van der Waals surface area contributed by atoms with Crippen LogP contribution in [0.1, 0.15) is 38.9 Å². The van der Waals surface area contributed by atoms with Gasteiger partial charge in [0.15, 0.2) is 5.82 Å². The summed E-state index contributed by atoms with van der Waals surface area (Å²) in [7, 11) is -2.61. The standard InChI is InChI=1S/C26H25ClN4O4S/c1-35-25(32)21-11-7-20(8-12-21)17-36(33,34)26-30-29-24(31(26)16-19-5-3-2-4-6-19)23(28)15-18-9-13-22(27)14-10-18/h2-14,23H,15-17,28H2,1H3. The van der Waals surface area contributed by atoms with Gasteiger partial charge in [0.05, 0.1) is 31.0 Å². The van der Waals surface area contributed by atoms with E-state index in [-0.39, 0.29) is 17.5 Å². The van der Waals surface area contributed by atoms with E-state index in [0.29, 0.717) is 28.4 Å². The molecular weight excluding hydrogens is 500 g/mol. The molecule has 0 amide bonds. The maximum atomic E-state index is 13.4. The normalized spacial score (nSPS) is 12.3. The Morgan fingerprint density at radius 3 is 2.22 bits per heavy atom. The third-order valence-electron chi connectivity index (χ3n) is 5.64. The largest absolute Gasteiger partial charge is 0.465 e. The van der Waals surface area contributed by atoms with Crippen molar-refractivity contribution in [1.29, 1.82) is 0 Å². The molecule has 0 saturated carbocycles. The Morgan fingerprint density at radius 2 is 1.58 bits per heavy atom. The number of hydrogen-bond acceptors (Lipinski definition) is 7. The quantitative estimate of drug-likeness (QED) is 0.329. The Hall–Kier alpha value is -3.53. The van der Waals surface area contributed by atoms with Crippen molar-refractivity contribution in [2.75, 3.05) is 7.11 Å². The summed E-state index contributed by atoms with van der Waals surface area (Å²) >= 11 is 5.98. The minimum absolute atomic E-state index is 0.162. The smallest absolute Gasteiger partial charge is 0.337 e. The molecule has 1 heterocycles. The van der Waals surface area contributed by atoms with Gasteiger partial charge in [0, 0.05) is 5.02 Å². The van der Waals surface area contributed by atoms with Crippen molar-refractivity contribution in [2.24, 2.45) is 5.73 Å². The van der Waals surface area contributed by atoms with Crippen molar-refractivity contribution in [1.82, 2.24) is 14.8 Å². The number of halogens is 1. The molecule has 1 unspecified atom stereocenters. The van der Waals surface area contributed by atoms with Gasteiger partial charge in [-0.3, -0.25) is 4.57 Å². The number of methoxy groups -OCH3 is 1. The molecule has 0 spiro atoms. The highest BCUT2D eigenvalue weighted by Crippen LogP contribution is 2.23. The van der Waals surface area contributed by atoms with E-state index in [0.717, 1.165) is 11.1 Å². The Kier molecular flexibility index (Phi) is 7.83. The van der Waals surface area contributed by atoms with Crippen LogP contribution in [0.5, 0.6) is 0 Å². The minimum Gasteiger partial charge on any atom is -0.465 e. The number of hydrogen-bond donors (Lipinski definition) is 1. The van der Waals surface area contributed by atoms with Crippen molar-refractivity contribution in [3.63, 3.8) is 0 Å². The van der Waals surface area contributed by atoms with E-state index in [1.807, 2.05) is 42.5 Å². The van der Waals surface area contributed by atoms with E-state index < -0.39 is 21.8 Å². The van der Waals surface area contributed by atoms with Gasteiger partial charge < -0.3 is 10.5 Å². The number of nitrogens with zero attached hydrogens (tertiary/aromatic N) is 3. The topological polar surface area (TPSA) is 117 Å². The van der Waals surface area contributed by atoms with Crippen LogP contribution in [0.4, 0.5) is 0 Å². The highest BCUT2D eigenvalue weighted by molar-refractivity contribution is 7.90. The van der Waals surface area contributed by atoms with Crippen LogP contribution in [0.15, 0.2) is 84.0 Å². The monoisotopic (exact) mass is 524 g/mol. The number of carbonyl (C=O) groups is 1. The fourth-order valence-corrected chi connectivity index (χ4v) is 5.37. The molecule has 0 radical (unpaired) electrons. The maximum absolute atomic E-state index is 13.4. The molecule has 0 aliphatic carbocycles. The highest BCUT2D eigenvalue weighted by Gasteiger charge is 2.28. The lowest BCUT2D eigenvalue weighted by Crippen LogP contribution is -2.22. The van der Waals surface area contributed by atoms with Gasteiger partial charge in [0.2, 0.25) is 15.0 Å². The van der Waals surface area contributed by atoms with Crippen molar-refractivity contribution in [2.45, 2.75) is 29.9 Å². The Bertz CT molecular complexity index is 1440. The third kappa shape index (κ3) is 5.99. The van der Waals surface area contributed by atoms with E-state index in [1.54, 1.807) is 28.8 Å². The first-order valence-corrected chi connectivity index (χ1v) is 13.2. The predicted molar refractivity (Wildman–Crippen MR) is 136 cm³/mol. The molecule has 8 nitrogen and oxygen atoms in total. The van der Waals surface area contributed by atoms with Crippen LogP contribution in [0.2, 0.25) is 5.02 Å². The zero-order valence-corrected chi connectivity index (χ0v) is 21.1. The SMILES string of the molecule is COC(=O)c1ccc(CS(=O)(=O)c2nnc(C(N)Cc3ccc(Cl)cc3)n2Cc2ccccc2)cc1. The second kappa shape index (κ2) is 11.0. The summed E-state index contributed by atoms with van der Waals surface area (Å²) in [5.41, 5.74) is 9.16. The molecule has 0 bridgehead atoms. The molecule has 0 aliphatic heterocycles. The van der Waals surface area contributed by atoms with Crippen LogP contribution < -0.4 is 5.73 Å². The summed E-state index contributed by atoms with van der Waals surface area (Å²) in [5, 5.41) is 8.73. The number of aromatic nitrogens is 3. The van der Waals surface area contributed by atoms with Gasteiger partial charge >= 0.3 is 5.97 Å². The van der Waals surface area contributed by atoms with Crippen molar-refractivity contribution in [3.8, 4) is 0 Å². The van der Waals surface area contributed by atoms with Crippen LogP contribution in [-0.2, 0) is 33.3 Å². The van der Waals surface area contributed by atoms with E-state index in [2.05, 4.69) is 10.2 Å². The number of carbonyl (C=O) groups excluding carboxylic acids is 1. The van der Waals surface area contributed by atoms with Crippen molar-refractivity contribution < 1.29 is 17.9 Å². The second-order valence-corrected chi connectivity index (χ2v) is 10.6. The van der Waals surface area contributed by atoms with Gasteiger partial charge in [-0.25, -0.2) is 13.2 Å². The molecule has 0 aliphatic rings. The lowest BCUT2D eigenvalue weighted by atomic mass is 10.1. The van der Waals surface area contributed by atoms with Crippen LogP contribution in [0.3, 0.4) is 0 Å². The fourth-order valence-electron chi connectivity index (χ4n) is 3.82. The molecular formula is C26H25ClN4O4S. The number of benzene rings is 3. The maximum Gasteiger partial charge on any atom is 0.337 e. The molecule has 0 fully saturated rings. The van der Waals surface area contributed by atoms with Crippen LogP contribution >= 0.6 is 11.6 Å². The van der Waals surface area contributed by atoms with E-state index in [9.17, 15) is 13.2 Å².